The van der Waals surface area contributed by atoms with E-state index in [1.165, 1.54) is 0 Å². The van der Waals surface area contributed by atoms with Crippen LogP contribution in [0.3, 0.4) is 0 Å². The molecule has 6 heteroatoms. The molecule has 102 valence electrons. The largest absolute Gasteiger partial charge is 0.497 e. The molecule has 0 N–H and O–H groups in total. The molecule has 4 nitrogen and oxygen atoms in total. The SMILES string of the molecule is COc1cc(C)c2nc(-c3csc(C)n3)nc(Cl)c2c1. The number of halogens is 1. The molecular formula is C14H12ClN3OS. The van der Waals surface area contributed by atoms with Crippen molar-refractivity contribution in [1.29, 1.82) is 0 Å². The van der Waals surface area contributed by atoms with E-state index in [1.54, 1.807) is 18.4 Å². The van der Waals surface area contributed by atoms with Crippen molar-refractivity contribution in [2.75, 3.05) is 7.11 Å². The average Bonchev–Trinajstić information content (AvgIpc) is 2.86. The summed E-state index contributed by atoms with van der Waals surface area (Å²) in [5.41, 5.74) is 2.58. The lowest BCUT2D eigenvalue weighted by atomic mass is 10.1. The molecule has 2 aromatic heterocycles. The zero-order valence-electron chi connectivity index (χ0n) is 11.3. The highest BCUT2D eigenvalue weighted by Crippen LogP contribution is 2.30. The minimum Gasteiger partial charge on any atom is -0.497 e. The van der Waals surface area contributed by atoms with Gasteiger partial charge in [-0.2, -0.15) is 0 Å². The predicted molar refractivity (Wildman–Crippen MR) is 81.7 cm³/mol. The number of benzene rings is 1. The highest BCUT2D eigenvalue weighted by molar-refractivity contribution is 7.09. The van der Waals surface area contributed by atoms with Gasteiger partial charge >= 0.3 is 0 Å². The molecule has 20 heavy (non-hydrogen) atoms. The van der Waals surface area contributed by atoms with Crippen LogP contribution in [0.1, 0.15) is 10.6 Å². The van der Waals surface area contributed by atoms with Crippen LogP contribution < -0.4 is 4.74 Å². The number of thiazole rings is 1. The number of ether oxygens (including phenoxy) is 1. The molecular weight excluding hydrogens is 294 g/mol. The first-order valence-electron chi connectivity index (χ1n) is 6.03. The van der Waals surface area contributed by atoms with Crippen molar-refractivity contribution in [3.8, 4) is 17.3 Å². The Morgan fingerprint density at radius 1 is 1.15 bits per heavy atom. The molecule has 3 aromatic rings. The summed E-state index contributed by atoms with van der Waals surface area (Å²) < 4.78 is 5.25. The Hall–Kier alpha value is -1.72. The van der Waals surface area contributed by atoms with Crippen LogP contribution in [-0.4, -0.2) is 22.1 Å². The van der Waals surface area contributed by atoms with Crippen molar-refractivity contribution in [3.63, 3.8) is 0 Å². The van der Waals surface area contributed by atoms with E-state index in [-0.39, 0.29) is 0 Å². The molecule has 0 amide bonds. The van der Waals surface area contributed by atoms with Gasteiger partial charge in [-0.3, -0.25) is 0 Å². The second-order valence-corrected chi connectivity index (χ2v) is 5.85. The Morgan fingerprint density at radius 2 is 1.95 bits per heavy atom. The first-order chi connectivity index (χ1) is 9.58. The highest BCUT2D eigenvalue weighted by atomic mass is 35.5. The normalized spacial score (nSPS) is 11.0. The monoisotopic (exact) mass is 305 g/mol. The number of methoxy groups -OCH3 is 1. The molecule has 0 saturated carbocycles. The number of rotatable bonds is 2. The lowest BCUT2D eigenvalue weighted by Gasteiger charge is -2.08. The molecule has 0 aliphatic carbocycles. The molecule has 0 atom stereocenters. The van der Waals surface area contributed by atoms with Crippen molar-refractivity contribution in [3.05, 3.63) is 33.2 Å². The van der Waals surface area contributed by atoms with Gasteiger partial charge in [0.2, 0.25) is 0 Å². The van der Waals surface area contributed by atoms with Crippen molar-refractivity contribution < 1.29 is 4.74 Å². The zero-order valence-corrected chi connectivity index (χ0v) is 12.8. The van der Waals surface area contributed by atoms with Crippen LogP contribution in [0.5, 0.6) is 5.75 Å². The van der Waals surface area contributed by atoms with Crippen molar-refractivity contribution >= 4 is 33.8 Å². The Balaban J connectivity index is 2.26. The maximum absolute atomic E-state index is 6.29. The van der Waals surface area contributed by atoms with Crippen LogP contribution in [0.15, 0.2) is 17.5 Å². The van der Waals surface area contributed by atoms with E-state index in [9.17, 15) is 0 Å². The fourth-order valence-corrected chi connectivity index (χ4v) is 2.85. The summed E-state index contributed by atoms with van der Waals surface area (Å²) >= 11 is 7.86. The molecule has 0 bridgehead atoms. The maximum atomic E-state index is 6.29. The fraction of sp³-hybridized carbons (Fsp3) is 0.214. The summed E-state index contributed by atoms with van der Waals surface area (Å²) in [6.07, 6.45) is 0. The number of aryl methyl sites for hydroxylation is 2. The van der Waals surface area contributed by atoms with Gasteiger partial charge in [0.05, 0.1) is 17.6 Å². The Kier molecular flexibility index (Phi) is 3.31. The average molecular weight is 306 g/mol. The Labute approximate surface area is 125 Å². The zero-order chi connectivity index (χ0) is 14.3. The van der Waals surface area contributed by atoms with E-state index in [0.29, 0.717) is 11.0 Å². The molecule has 3 rings (SSSR count). The predicted octanol–water partition coefficient (Wildman–Crippen LogP) is 4.03. The van der Waals surface area contributed by atoms with E-state index >= 15 is 0 Å². The molecule has 0 aliphatic heterocycles. The number of aromatic nitrogens is 3. The number of hydrogen-bond acceptors (Lipinski definition) is 5. The van der Waals surface area contributed by atoms with E-state index in [4.69, 9.17) is 16.3 Å². The Bertz CT molecular complexity index is 800. The second kappa shape index (κ2) is 5.00. The van der Waals surface area contributed by atoms with Crippen molar-refractivity contribution in [2.24, 2.45) is 0 Å². The Morgan fingerprint density at radius 3 is 2.60 bits per heavy atom. The molecule has 0 unspecified atom stereocenters. The van der Waals surface area contributed by atoms with Crippen LogP contribution >= 0.6 is 22.9 Å². The minimum atomic E-state index is 0.414. The maximum Gasteiger partial charge on any atom is 0.181 e. The third kappa shape index (κ3) is 2.23. The molecule has 0 spiro atoms. The molecule has 0 fully saturated rings. The summed E-state index contributed by atoms with van der Waals surface area (Å²) in [7, 11) is 1.63. The molecule has 0 aliphatic rings. The van der Waals surface area contributed by atoms with Gasteiger partial charge in [0.1, 0.15) is 16.6 Å². The van der Waals surface area contributed by atoms with Crippen LogP contribution in [-0.2, 0) is 0 Å². The molecule has 0 radical (unpaired) electrons. The number of fused-ring (bicyclic) bond motifs is 1. The van der Waals surface area contributed by atoms with Crippen molar-refractivity contribution in [1.82, 2.24) is 15.0 Å². The first kappa shape index (κ1) is 13.3. The van der Waals surface area contributed by atoms with E-state index in [0.717, 1.165) is 32.9 Å². The van der Waals surface area contributed by atoms with Gasteiger partial charge < -0.3 is 4.74 Å². The van der Waals surface area contributed by atoms with Gasteiger partial charge in [-0.25, -0.2) is 15.0 Å². The number of nitrogens with zero attached hydrogens (tertiary/aromatic N) is 3. The highest BCUT2D eigenvalue weighted by Gasteiger charge is 2.13. The summed E-state index contributed by atoms with van der Waals surface area (Å²) in [4.78, 5) is 13.3. The lowest BCUT2D eigenvalue weighted by Crippen LogP contribution is -1.95. The minimum absolute atomic E-state index is 0.414. The third-order valence-electron chi connectivity index (χ3n) is 3.00. The van der Waals surface area contributed by atoms with Crippen LogP contribution in [0.25, 0.3) is 22.4 Å². The second-order valence-electron chi connectivity index (χ2n) is 4.43. The summed E-state index contributed by atoms with van der Waals surface area (Å²) in [5, 5.41) is 4.12. The summed E-state index contributed by atoms with van der Waals surface area (Å²) in [6.45, 7) is 3.93. The van der Waals surface area contributed by atoms with Gasteiger partial charge in [0, 0.05) is 10.8 Å². The topological polar surface area (TPSA) is 47.9 Å². The van der Waals surface area contributed by atoms with Gasteiger partial charge in [-0.05, 0) is 31.5 Å². The molecule has 1 aromatic carbocycles. The van der Waals surface area contributed by atoms with Crippen LogP contribution in [0.4, 0.5) is 0 Å². The molecule has 2 heterocycles. The fourth-order valence-electron chi connectivity index (χ4n) is 2.03. The van der Waals surface area contributed by atoms with E-state index < -0.39 is 0 Å². The quantitative estimate of drug-likeness (QED) is 0.671. The van der Waals surface area contributed by atoms with Crippen LogP contribution in [0, 0.1) is 13.8 Å². The van der Waals surface area contributed by atoms with Crippen molar-refractivity contribution in [2.45, 2.75) is 13.8 Å². The smallest absolute Gasteiger partial charge is 0.181 e. The first-order valence-corrected chi connectivity index (χ1v) is 7.28. The standard InChI is InChI=1S/C14H12ClN3OS/c1-7-4-9(19-3)5-10-12(7)17-14(18-13(10)15)11-6-20-8(2)16-11/h4-6H,1-3H3. The number of hydrogen-bond donors (Lipinski definition) is 0. The summed E-state index contributed by atoms with van der Waals surface area (Å²) in [6, 6.07) is 3.78. The van der Waals surface area contributed by atoms with E-state index in [2.05, 4.69) is 15.0 Å². The third-order valence-corrected chi connectivity index (χ3v) is 4.06. The molecule has 0 saturated heterocycles. The van der Waals surface area contributed by atoms with Gasteiger partial charge in [0.25, 0.3) is 0 Å². The van der Waals surface area contributed by atoms with Gasteiger partial charge in [0.15, 0.2) is 5.82 Å². The van der Waals surface area contributed by atoms with Gasteiger partial charge in [-0.1, -0.05) is 11.6 Å². The summed E-state index contributed by atoms with van der Waals surface area (Å²) in [5.74, 6) is 1.30. The van der Waals surface area contributed by atoms with Crippen LogP contribution in [0.2, 0.25) is 5.15 Å². The van der Waals surface area contributed by atoms with Gasteiger partial charge in [-0.15, -0.1) is 11.3 Å². The lowest BCUT2D eigenvalue weighted by molar-refractivity contribution is 0.415. The van der Waals surface area contributed by atoms with E-state index in [1.807, 2.05) is 31.4 Å².